The van der Waals surface area contributed by atoms with E-state index in [-0.39, 0.29) is 11.9 Å². The monoisotopic (exact) mass is 389 g/mol. The summed E-state index contributed by atoms with van der Waals surface area (Å²) in [5, 5.41) is 20.6. The van der Waals surface area contributed by atoms with Crippen molar-refractivity contribution in [3.8, 4) is 0 Å². The lowest BCUT2D eigenvalue weighted by Crippen LogP contribution is -2.21. The first-order valence-corrected chi connectivity index (χ1v) is 8.17. The Kier molecular flexibility index (Phi) is 6.58. The first-order valence-electron chi connectivity index (χ1n) is 7.35. The maximum absolute atomic E-state index is 12.0. The molecule has 2 aromatic rings. The molecule has 1 fully saturated rings. The number of thiophene rings is 1. The molecule has 1 unspecified atom stereocenters. The van der Waals surface area contributed by atoms with Crippen LogP contribution in [0.3, 0.4) is 0 Å². The molecule has 140 valence electrons. The third kappa shape index (κ3) is 5.74. The number of carbonyl (C=O) groups excluding carboxylic acids is 1. The number of carboxylic acid groups (broad SMARTS) is 1. The maximum Gasteiger partial charge on any atom is 0.490 e. The quantitative estimate of drug-likeness (QED) is 0.737. The van der Waals surface area contributed by atoms with Crippen molar-refractivity contribution in [3.05, 3.63) is 34.3 Å². The van der Waals surface area contributed by atoms with Gasteiger partial charge in [-0.1, -0.05) is 0 Å². The Morgan fingerprint density at radius 1 is 1.31 bits per heavy atom. The highest BCUT2D eigenvalue weighted by molar-refractivity contribution is 7.14. The van der Waals surface area contributed by atoms with Gasteiger partial charge in [-0.25, -0.2) is 9.78 Å². The minimum absolute atomic E-state index is 0.192. The molecule has 26 heavy (non-hydrogen) atoms. The number of hydrogen-bond acceptors (Lipinski definition) is 7. The molecule has 0 bridgehead atoms. The highest BCUT2D eigenvalue weighted by atomic mass is 32.1. The summed E-state index contributed by atoms with van der Waals surface area (Å²) in [5.74, 6) is -2.73. The van der Waals surface area contributed by atoms with Gasteiger partial charge in [-0.2, -0.15) is 18.3 Å². The minimum atomic E-state index is -5.08. The van der Waals surface area contributed by atoms with E-state index >= 15 is 0 Å². The van der Waals surface area contributed by atoms with Gasteiger partial charge in [0.25, 0.3) is 5.91 Å². The Morgan fingerprint density at radius 2 is 2.04 bits per heavy atom. The van der Waals surface area contributed by atoms with E-state index < -0.39 is 12.1 Å². The molecule has 3 rings (SSSR count). The highest BCUT2D eigenvalue weighted by Gasteiger charge is 2.38. The molecule has 0 radical (unpaired) electrons. The van der Waals surface area contributed by atoms with Crippen molar-refractivity contribution in [2.24, 2.45) is 0 Å². The minimum Gasteiger partial charge on any atom is -0.475 e. The number of rotatable bonds is 3. The molecule has 3 heterocycles. The second kappa shape index (κ2) is 8.67. The van der Waals surface area contributed by atoms with Crippen LogP contribution in [0.5, 0.6) is 0 Å². The Bertz CT molecular complexity index is 748. The Balaban J connectivity index is 0.000000298. The van der Waals surface area contributed by atoms with Gasteiger partial charge in [-0.05, 0) is 31.5 Å². The van der Waals surface area contributed by atoms with Gasteiger partial charge in [0.2, 0.25) is 5.95 Å². The van der Waals surface area contributed by atoms with Gasteiger partial charge in [-0.3, -0.25) is 10.1 Å². The van der Waals surface area contributed by atoms with E-state index in [4.69, 9.17) is 9.90 Å². The predicted octanol–water partition coefficient (Wildman–Crippen LogP) is 2.24. The number of hydrogen-bond donors (Lipinski definition) is 3. The summed E-state index contributed by atoms with van der Waals surface area (Å²) in [4.78, 5) is 26.7. The average molecular weight is 389 g/mol. The van der Waals surface area contributed by atoms with Crippen LogP contribution in [0.1, 0.15) is 33.4 Å². The first kappa shape index (κ1) is 19.7. The van der Waals surface area contributed by atoms with Crippen molar-refractivity contribution in [2.45, 2.75) is 25.1 Å². The second-order valence-electron chi connectivity index (χ2n) is 5.07. The summed E-state index contributed by atoms with van der Waals surface area (Å²) in [5.41, 5.74) is 0. The lowest BCUT2D eigenvalue weighted by Gasteiger charge is -2.05. The van der Waals surface area contributed by atoms with Gasteiger partial charge in [-0.15, -0.1) is 16.4 Å². The Labute approximate surface area is 149 Å². The molecule has 1 amide bonds. The Hall–Kier alpha value is -2.60. The van der Waals surface area contributed by atoms with E-state index in [0.717, 1.165) is 13.0 Å². The van der Waals surface area contributed by atoms with Crippen LogP contribution >= 0.6 is 11.3 Å². The van der Waals surface area contributed by atoms with E-state index in [9.17, 15) is 18.0 Å². The average Bonchev–Trinajstić information content (AvgIpc) is 3.27. The molecule has 1 aliphatic heterocycles. The van der Waals surface area contributed by atoms with Crippen molar-refractivity contribution < 1.29 is 27.9 Å². The fourth-order valence-electron chi connectivity index (χ4n) is 2.06. The fraction of sp³-hybridized carbons (Fsp3) is 0.357. The van der Waals surface area contributed by atoms with Gasteiger partial charge >= 0.3 is 12.1 Å². The van der Waals surface area contributed by atoms with Gasteiger partial charge in [0, 0.05) is 10.9 Å². The van der Waals surface area contributed by atoms with E-state index in [2.05, 4.69) is 25.8 Å². The van der Waals surface area contributed by atoms with Gasteiger partial charge < -0.3 is 10.4 Å². The van der Waals surface area contributed by atoms with E-state index in [1.165, 1.54) is 35.0 Å². The zero-order chi connectivity index (χ0) is 19.2. The summed E-state index contributed by atoms with van der Waals surface area (Å²) in [7, 11) is 0. The lowest BCUT2D eigenvalue weighted by atomic mass is 10.2. The molecular weight excluding hydrogens is 375 g/mol. The van der Waals surface area contributed by atoms with E-state index in [1.54, 1.807) is 0 Å². The van der Waals surface area contributed by atoms with Crippen LogP contribution < -0.4 is 10.6 Å². The summed E-state index contributed by atoms with van der Waals surface area (Å²) >= 11 is 1.51. The van der Waals surface area contributed by atoms with Crippen molar-refractivity contribution in [2.75, 3.05) is 11.9 Å². The largest absolute Gasteiger partial charge is 0.490 e. The molecule has 1 atom stereocenters. The van der Waals surface area contributed by atoms with Crippen LogP contribution in [0.4, 0.5) is 19.1 Å². The number of aromatic nitrogens is 3. The smallest absolute Gasteiger partial charge is 0.475 e. The number of amides is 1. The molecule has 12 heteroatoms. The standard InChI is InChI=1S/C12H13N5OS.C2HF3O2/c18-11(16-12-14-6-7-15-17-12)10-4-3-9(19-10)8-2-1-5-13-8;3-2(4,5)1(6)7/h3-4,6-8,13H,1-2,5H2,(H,14,16,17,18);(H,6,7). The first-order chi connectivity index (χ1) is 12.3. The van der Waals surface area contributed by atoms with E-state index in [0.29, 0.717) is 10.9 Å². The normalized spacial score (nSPS) is 16.5. The Morgan fingerprint density at radius 3 is 2.58 bits per heavy atom. The number of nitrogens with zero attached hydrogens (tertiary/aromatic N) is 3. The molecule has 2 aromatic heterocycles. The van der Waals surface area contributed by atoms with Crippen molar-refractivity contribution in [1.29, 1.82) is 0 Å². The van der Waals surface area contributed by atoms with Gasteiger partial charge in [0.1, 0.15) is 0 Å². The molecule has 0 aromatic carbocycles. The zero-order valence-corrected chi connectivity index (χ0v) is 14.0. The SMILES string of the molecule is O=C(Nc1nccnn1)c1ccc(C2CCCN2)s1.O=C(O)C(F)(F)F. The highest BCUT2D eigenvalue weighted by Crippen LogP contribution is 2.29. The predicted molar refractivity (Wildman–Crippen MR) is 85.8 cm³/mol. The number of carboxylic acids is 1. The molecule has 0 saturated carbocycles. The van der Waals surface area contributed by atoms with Crippen LogP contribution in [-0.4, -0.2) is 44.9 Å². The summed E-state index contributed by atoms with van der Waals surface area (Å²) < 4.78 is 31.7. The summed E-state index contributed by atoms with van der Waals surface area (Å²) in [6.07, 6.45) is 0.191. The fourth-order valence-corrected chi connectivity index (χ4v) is 3.07. The lowest BCUT2D eigenvalue weighted by molar-refractivity contribution is -0.192. The maximum atomic E-state index is 12.0. The molecule has 0 spiro atoms. The summed E-state index contributed by atoms with van der Waals surface area (Å²) in [6, 6.07) is 4.24. The van der Waals surface area contributed by atoms with Crippen molar-refractivity contribution in [1.82, 2.24) is 20.5 Å². The molecular formula is C14H14F3N5O3S. The van der Waals surface area contributed by atoms with Crippen LogP contribution in [-0.2, 0) is 4.79 Å². The third-order valence-electron chi connectivity index (χ3n) is 3.20. The number of halogens is 3. The van der Waals surface area contributed by atoms with Crippen LogP contribution in [0.2, 0.25) is 0 Å². The number of carbonyl (C=O) groups is 2. The van der Waals surface area contributed by atoms with Gasteiger partial charge in [0.05, 0.1) is 17.3 Å². The van der Waals surface area contributed by atoms with Crippen LogP contribution in [0, 0.1) is 0 Å². The molecule has 0 aliphatic carbocycles. The number of nitrogens with one attached hydrogen (secondary N) is 2. The topological polar surface area (TPSA) is 117 Å². The number of alkyl halides is 3. The third-order valence-corrected chi connectivity index (χ3v) is 4.40. The summed E-state index contributed by atoms with van der Waals surface area (Å²) in [6.45, 7) is 1.05. The van der Waals surface area contributed by atoms with E-state index in [1.807, 2.05) is 12.1 Å². The number of anilines is 1. The van der Waals surface area contributed by atoms with Crippen LogP contribution in [0.25, 0.3) is 0 Å². The molecule has 3 N–H and O–H groups in total. The molecule has 8 nitrogen and oxygen atoms in total. The molecule has 1 aliphatic rings. The van der Waals surface area contributed by atoms with Crippen molar-refractivity contribution >= 4 is 29.2 Å². The zero-order valence-electron chi connectivity index (χ0n) is 13.2. The number of aliphatic carboxylic acids is 1. The van der Waals surface area contributed by atoms with Crippen molar-refractivity contribution in [3.63, 3.8) is 0 Å². The van der Waals surface area contributed by atoms with Gasteiger partial charge in [0.15, 0.2) is 0 Å². The molecule has 1 saturated heterocycles. The van der Waals surface area contributed by atoms with Crippen LogP contribution in [0.15, 0.2) is 24.5 Å². The second-order valence-corrected chi connectivity index (χ2v) is 6.19.